The number of nitriles is 1. The fraction of sp³-hybridized carbons (Fsp3) is 0.394. The predicted octanol–water partition coefficient (Wildman–Crippen LogP) is 9.45. The van der Waals surface area contributed by atoms with E-state index in [-0.39, 0.29) is 47.3 Å². The molecule has 28 nitrogen and oxygen atoms in total. The van der Waals surface area contributed by atoms with Gasteiger partial charge in [-0.3, -0.25) is 74.5 Å². The number of carboxylic acid groups (broad SMARTS) is 1. The van der Waals surface area contributed by atoms with Crippen molar-refractivity contribution in [2.45, 2.75) is 114 Å². The van der Waals surface area contributed by atoms with Crippen LogP contribution in [-0.2, 0) is 14.3 Å². The first-order valence-corrected chi connectivity index (χ1v) is 34.1. The molecular formula is C66H80ClN21O7S2. The zero-order valence-corrected chi connectivity index (χ0v) is 56.6. The van der Waals surface area contributed by atoms with Crippen LogP contribution in [0.4, 0.5) is 4.79 Å². The van der Waals surface area contributed by atoms with Crippen LogP contribution in [0, 0.1) is 11.3 Å². The maximum atomic E-state index is 12.6. The zero-order valence-electron chi connectivity index (χ0n) is 54.2. The highest BCUT2D eigenvalue weighted by Crippen LogP contribution is 2.34. The van der Waals surface area contributed by atoms with Gasteiger partial charge in [-0.15, -0.1) is 22.7 Å². The van der Waals surface area contributed by atoms with E-state index in [1.54, 1.807) is 78.7 Å². The Balaban J connectivity index is 0.000000151. The Morgan fingerprint density at radius 2 is 1.09 bits per heavy atom. The van der Waals surface area contributed by atoms with Gasteiger partial charge in [0.05, 0.1) is 52.2 Å². The smallest absolute Gasteiger partial charge is 0.410 e. The van der Waals surface area contributed by atoms with Crippen molar-refractivity contribution in [1.29, 1.82) is 5.26 Å². The molecule has 31 heteroatoms. The minimum absolute atomic E-state index is 0.00463. The van der Waals surface area contributed by atoms with Crippen LogP contribution < -0.4 is 16.6 Å². The highest BCUT2D eigenvalue weighted by Gasteiger charge is 2.35. The molecule has 5 saturated heterocycles. The summed E-state index contributed by atoms with van der Waals surface area (Å²) in [5.41, 5.74) is 5.62. The fourth-order valence-electron chi connectivity index (χ4n) is 11.0. The summed E-state index contributed by atoms with van der Waals surface area (Å²) in [4.78, 5) is 94.7. The number of rotatable bonds is 13. The van der Waals surface area contributed by atoms with Crippen molar-refractivity contribution in [3.05, 3.63) is 166 Å². The minimum atomic E-state index is -0.685. The van der Waals surface area contributed by atoms with Gasteiger partial charge in [0.1, 0.15) is 23.5 Å². The van der Waals surface area contributed by atoms with Crippen molar-refractivity contribution in [2.24, 2.45) is 5.84 Å². The maximum Gasteiger partial charge on any atom is 0.410 e. The maximum absolute atomic E-state index is 12.6. The number of halogens is 1. The van der Waals surface area contributed by atoms with E-state index in [2.05, 4.69) is 83.1 Å². The van der Waals surface area contributed by atoms with Gasteiger partial charge in [0.2, 0.25) is 0 Å². The summed E-state index contributed by atoms with van der Waals surface area (Å²) in [6, 6.07) is 23.9. The van der Waals surface area contributed by atoms with Crippen molar-refractivity contribution in [3.63, 3.8) is 0 Å². The summed E-state index contributed by atoms with van der Waals surface area (Å²) in [6.45, 7) is 6.98. The van der Waals surface area contributed by atoms with E-state index in [0.29, 0.717) is 47.1 Å². The molecule has 0 aromatic carbocycles. The predicted molar refractivity (Wildman–Crippen MR) is 366 cm³/mol. The lowest BCUT2D eigenvalue weighted by atomic mass is 10.2. The molecule has 3 amide bonds. The van der Waals surface area contributed by atoms with Crippen LogP contribution in [-0.4, -0.2) is 185 Å². The number of thiophene rings is 2. The van der Waals surface area contributed by atoms with Crippen molar-refractivity contribution >= 4 is 63.4 Å². The summed E-state index contributed by atoms with van der Waals surface area (Å²) in [5.74, 6) is 8.70. The first-order valence-electron chi connectivity index (χ1n) is 31.9. The molecule has 0 bridgehead atoms. The quantitative estimate of drug-likeness (QED) is 0.0186. The summed E-state index contributed by atoms with van der Waals surface area (Å²) in [6.07, 6.45) is 25.1. The van der Waals surface area contributed by atoms with Crippen LogP contribution >= 0.6 is 34.3 Å². The van der Waals surface area contributed by atoms with E-state index < -0.39 is 5.97 Å². The summed E-state index contributed by atoms with van der Waals surface area (Å²) in [7, 11) is 3.79. The van der Waals surface area contributed by atoms with Gasteiger partial charge in [0.25, 0.3) is 17.1 Å². The topological polar surface area (TPSA) is 378 Å². The van der Waals surface area contributed by atoms with E-state index in [0.717, 1.165) is 136 Å². The van der Waals surface area contributed by atoms with Crippen molar-refractivity contribution in [2.75, 3.05) is 53.4 Å². The summed E-state index contributed by atoms with van der Waals surface area (Å²) < 4.78 is 5.33. The van der Waals surface area contributed by atoms with Crippen molar-refractivity contribution < 1.29 is 33.8 Å². The number of carboxylic acids is 1. The second-order valence-electron chi connectivity index (χ2n) is 22.7. The number of carbonyl (C=O) groups is 5. The SMILES string of the molecule is CCCCOC(=O)N1CCCC1c1nc(-c2ccncc2)n[nH]1.CN1CCCC1C(=O)NN.CN1CCCC1C(=O)O.N#Cc1ccncc1.O=C(Cl)c1cccs1.O=C(c1cccs1)N1CCCC1c1nc(-c2ccncc2)n[nH]1.c1cc(-c2n[nH]c(C3CCCN3)n2)ccn1. The minimum Gasteiger partial charge on any atom is -0.480 e. The number of ether oxygens (including phenoxy) is 1. The number of nitrogens with one attached hydrogen (secondary N) is 5. The highest BCUT2D eigenvalue weighted by atomic mass is 35.5. The number of aromatic amines is 3. The number of unbranched alkanes of at least 4 members (excludes halogenated alkanes) is 1. The number of likely N-dealkylation sites (tertiary alicyclic amines) is 4. The molecule has 9 aromatic rings. The third-order valence-electron chi connectivity index (χ3n) is 16.1. The van der Waals surface area contributed by atoms with Crippen LogP contribution in [0.25, 0.3) is 34.2 Å². The van der Waals surface area contributed by atoms with E-state index in [1.165, 1.54) is 29.1 Å². The average Bonchev–Trinajstić information content (AvgIpc) is 1.77. The number of nitrogens with zero attached hydrogens (tertiary/aromatic N) is 15. The number of hydrogen-bond acceptors (Lipinski definition) is 23. The number of nitrogens with two attached hydrogens (primary N) is 1. The zero-order chi connectivity index (χ0) is 68.7. The standard InChI is InChI=1S/C16H21N5O2.C16H15N5OS.C11H13N5.C6H13N3O.C6H4N2.C6H11NO2.C5H3ClOS/c1-2-3-11-23-16(22)21-10-4-5-13(21)15-18-14(19-20-15)12-6-8-17-9-7-12;22-16(13-4-2-10-23-13)21-9-1-3-12(21)15-18-14(19-20-15)11-5-7-17-8-6-11;1-2-9(13-5-1)11-14-10(15-16-11)8-3-6-12-7-4-8;1-9-4-2-3-5(9)6(10)8-7;7-5-6-1-3-8-4-2-6;1-7-4-2-3-5(7)6(8)9;6-5(7)4-2-1-3-8-4/h6-9,13H,2-5,10-11H2,1H3,(H,18,19,20);2,4-8,10,12H,1,3,9H2,(H,18,19,20);3-4,6-7,9,13H,1-2,5H2,(H,14,15,16);5H,2-4,7H2,1H3,(H,8,10);1-4H;5H,2-4H2,1H3,(H,8,9);1-3H. The molecule has 9 aromatic heterocycles. The normalized spacial score (nSPS) is 18.5. The number of aromatic nitrogens is 13. The van der Waals surface area contributed by atoms with Gasteiger partial charge in [-0.2, -0.15) is 20.6 Å². The number of hydrazine groups is 1. The first kappa shape index (κ1) is 73.2. The first-order chi connectivity index (χ1) is 47.3. The molecule has 14 rings (SSSR count). The van der Waals surface area contributed by atoms with Gasteiger partial charge in [-0.1, -0.05) is 25.5 Å². The highest BCUT2D eigenvalue weighted by molar-refractivity contribution is 7.14. The second kappa shape index (κ2) is 38.8. The average molecular weight is 1380 g/mol. The number of amides is 3. The molecule has 5 aliphatic heterocycles. The molecule has 0 spiro atoms. The largest absolute Gasteiger partial charge is 0.480 e. The van der Waals surface area contributed by atoms with Crippen LogP contribution in [0.5, 0.6) is 0 Å². The van der Waals surface area contributed by atoms with Gasteiger partial charge in [0, 0.05) is 79.4 Å². The molecule has 510 valence electrons. The molecule has 5 unspecified atom stereocenters. The second-order valence-corrected chi connectivity index (χ2v) is 24.9. The summed E-state index contributed by atoms with van der Waals surface area (Å²) in [5, 5.41) is 45.3. The number of aliphatic carboxylic acids is 1. The van der Waals surface area contributed by atoms with Crippen LogP contribution in [0.1, 0.15) is 144 Å². The van der Waals surface area contributed by atoms with E-state index in [9.17, 15) is 24.0 Å². The number of pyridine rings is 4. The Morgan fingerprint density at radius 1 is 0.629 bits per heavy atom. The molecule has 97 heavy (non-hydrogen) atoms. The lowest BCUT2D eigenvalue weighted by molar-refractivity contribution is -0.141. The van der Waals surface area contributed by atoms with Crippen LogP contribution in [0.3, 0.4) is 0 Å². The number of H-pyrrole nitrogens is 3. The van der Waals surface area contributed by atoms with Crippen LogP contribution in [0.2, 0.25) is 0 Å². The molecule has 5 aliphatic rings. The summed E-state index contributed by atoms with van der Waals surface area (Å²) >= 11 is 7.94. The molecule has 0 aliphatic carbocycles. The van der Waals surface area contributed by atoms with Gasteiger partial charge >= 0.3 is 12.1 Å². The third-order valence-corrected chi connectivity index (χ3v) is 18.1. The van der Waals surface area contributed by atoms with Gasteiger partial charge in [0.15, 0.2) is 17.5 Å². The van der Waals surface area contributed by atoms with Crippen molar-refractivity contribution in [1.82, 2.24) is 95.8 Å². The van der Waals surface area contributed by atoms with Gasteiger partial charge in [-0.05, 0) is 187 Å². The Morgan fingerprint density at radius 3 is 1.49 bits per heavy atom. The number of carbonyl (C=O) groups excluding carboxylic acids is 4. The third kappa shape index (κ3) is 22.0. The van der Waals surface area contributed by atoms with E-state index >= 15 is 0 Å². The molecule has 0 radical (unpaired) electrons. The van der Waals surface area contributed by atoms with E-state index in [4.69, 9.17) is 32.5 Å². The van der Waals surface area contributed by atoms with E-state index in [1.807, 2.05) is 94.2 Å². The molecule has 14 heterocycles. The Labute approximate surface area is 574 Å². The Kier molecular flexibility index (Phi) is 29.3. The Hall–Kier alpha value is -9.61. The number of hydrogen-bond donors (Lipinski definition) is 7. The molecule has 0 saturated carbocycles. The van der Waals surface area contributed by atoms with Gasteiger partial charge in [-0.25, -0.2) is 25.6 Å². The lowest BCUT2D eigenvalue weighted by Gasteiger charge is -2.22. The molecule has 5 fully saturated rings. The molecular weight excluding hydrogens is 1300 g/mol. The lowest BCUT2D eigenvalue weighted by Crippen LogP contribution is -2.44. The number of likely N-dealkylation sites (N-methyl/N-ethyl adjacent to an activating group) is 2. The van der Waals surface area contributed by atoms with Crippen molar-refractivity contribution in [3.8, 4) is 40.2 Å². The van der Waals surface area contributed by atoms with Crippen LogP contribution in [0.15, 0.2) is 133 Å². The molecule has 5 atom stereocenters. The van der Waals surface area contributed by atoms with Gasteiger partial charge < -0.3 is 20.1 Å². The fourth-order valence-corrected chi connectivity index (χ4v) is 12.4. The molecule has 8 N–H and O–H groups in total. The monoisotopic (exact) mass is 1380 g/mol. The Bertz CT molecular complexity index is 3840.